The van der Waals surface area contributed by atoms with Crippen molar-refractivity contribution < 1.29 is 14.3 Å². The van der Waals surface area contributed by atoms with Gasteiger partial charge in [0.25, 0.3) is 0 Å². The average Bonchev–Trinajstić information content (AvgIpc) is 2.48. The van der Waals surface area contributed by atoms with E-state index >= 15 is 0 Å². The predicted octanol–water partition coefficient (Wildman–Crippen LogP) is 3.62. The fraction of sp³-hybridized carbons (Fsp3) is 0.250. The molecule has 21 heavy (non-hydrogen) atoms. The van der Waals surface area contributed by atoms with Crippen LogP contribution >= 0.6 is 15.9 Å². The Morgan fingerprint density at radius 2 is 2.00 bits per heavy atom. The molecule has 0 spiro atoms. The van der Waals surface area contributed by atoms with Crippen LogP contribution < -0.4 is 4.74 Å². The minimum absolute atomic E-state index is 0.315. The van der Waals surface area contributed by atoms with Gasteiger partial charge in [0.05, 0.1) is 13.7 Å². The summed E-state index contributed by atoms with van der Waals surface area (Å²) in [6.45, 7) is 2.08. The molecule has 5 heteroatoms. The molecule has 0 amide bonds. The van der Waals surface area contributed by atoms with Gasteiger partial charge in [0.2, 0.25) is 0 Å². The smallest absolute Gasteiger partial charge is 0.342 e. The number of benzene rings is 1. The fourth-order valence-corrected chi connectivity index (χ4v) is 2.61. The van der Waals surface area contributed by atoms with Gasteiger partial charge in [0.1, 0.15) is 10.2 Å². The van der Waals surface area contributed by atoms with Gasteiger partial charge in [-0.3, -0.25) is 0 Å². The van der Waals surface area contributed by atoms with Gasteiger partial charge in [-0.2, -0.15) is 0 Å². The first kappa shape index (κ1) is 15.5. The average molecular weight is 350 g/mol. The molecule has 0 unspecified atom stereocenters. The molecule has 2 aromatic rings. The summed E-state index contributed by atoms with van der Waals surface area (Å²) in [5, 5.41) is 0. The van der Waals surface area contributed by atoms with Crippen molar-refractivity contribution in [3.63, 3.8) is 0 Å². The van der Waals surface area contributed by atoms with Crippen LogP contribution in [0.25, 0.3) is 0 Å². The van der Waals surface area contributed by atoms with Crippen molar-refractivity contribution in [2.45, 2.75) is 13.3 Å². The lowest BCUT2D eigenvalue weighted by molar-refractivity contribution is 0.0522. The fourth-order valence-electron chi connectivity index (χ4n) is 2.00. The number of rotatable bonds is 5. The zero-order valence-corrected chi connectivity index (χ0v) is 13.5. The molecule has 2 rings (SSSR count). The molecule has 1 aromatic carbocycles. The van der Waals surface area contributed by atoms with Crippen LogP contribution in [0.5, 0.6) is 5.75 Å². The summed E-state index contributed by atoms with van der Waals surface area (Å²) < 4.78 is 10.8. The van der Waals surface area contributed by atoms with Crippen molar-refractivity contribution in [3.05, 3.63) is 57.8 Å². The topological polar surface area (TPSA) is 48.4 Å². The Labute approximate surface area is 132 Å². The Balaban J connectivity index is 2.37. The quantitative estimate of drug-likeness (QED) is 0.611. The van der Waals surface area contributed by atoms with Crippen molar-refractivity contribution >= 4 is 21.9 Å². The number of hydrogen-bond acceptors (Lipinski definition) is 4. The van der Waals surface area contributed by atoms with E-state index in [2.05, 4.69) is 20.9 Å². The third-order valence-corrected chi connectivity index (χ3v) is 3.45. The van der Waals surface area contributed by atoms with Crippen LogP contribution in [0, 0.1) is 0 Å². The Morgan fingerprint density at radius 3 is 2.62 bits per heavy atom. The second-order valence-corrected chi connectivity index (χ2v) is 5.12. The second kappa shape index (κ2) is 7.22. The highest BCUT2D eigenvalue weighted by Gasteiger charge is 2.19. The van der Waals surface area contributed by atoms with Gasteiger partial charge in [-0.1, -0.05) is 30.3 Å². The first-order chi connectivity index (χ1) is 10.2. The SMILES string of the molecule is CCOC(=O)c1cc(Cc2ccccc2)nc(Br)c1OC. The number of methoxy groups -OCH3 is 1. The number of aromatic nitrogens is 1. The summed E-state index contributed by atoms with van der Waals surface area (Å²) in [4.78, 5) is 16.5. The molecule has 1 heterocycles. The van der Waals surface area contributed by atoms with Crippen LogP contribution in [-0.2, 0) is 11.2 Å². The zero-order valence-electron chi connectivity index (χ0n) is 11.9. The van der Waals surface area contributed by atoms with Crippen LogP contribution in [-0.4, -0.2) is 24.7 Å². The molecular formula is C16H16BrNO3. The standard InChI is InChI=1S/C16H16BrNO3/c1-3-21-16(19)13-10-12(18-15(17)14(13)20-2)9-11-7-5-4-6-8-11/h4-8,10H,3,9H2,1-2H3. The predicted molar refractivity (Wildman–Crippen MR) is 83.7 cm³/mol. The van der Waals surface area contributed by atoms with Gasteiger partial charge in [0, 0.05) is 12.1 Å². The van der Waals surface area contributed by atoms with E-state index in [9.17, 15) is 4.79 Å². The molecule has 0 aliphatic rings. The van der Waals surface area contributed by atoms with Crippen molar-refractivity contribution in [1.29, 1.82) is 0 Å². The van der Waals surface area contributed by atoms with Crippen LogP contribution in [0.1, 0.15) is 28.5 Å². The molecule has 0 bridgehead atoms. The Hall–Kier alpha value is -1.88. The van der Waals surface area contributed by atoms with E-state index in [1.807, 2.05) is 30.3 Å². The van der Waals surface area contributed by atoms with Gasteiger partial charge in [-0.15, -0.1) is 0 Å². The molecule has 0 N–H and O–H groups in total. The van der Waals surface area contributed by atoms with Crippen molar-refractivity contribution in [1.82, 2.24) is 4.98 Å². The van der Waals surface area contributed by atoms with Crippen molar-refractivity contribution in [2.75, 3.05) is 13.7 Å². The second-order valence-electron chi connectivity index (χ2n) is 4.37. The van der Waals surface area contributed by atoms with Gasteiger partial charge in [-0.05, 0) is 34.5 Å². The number of esters is 1. The lowest BCUT2D eigenvalue weighted by Crippen LogP contribution is -2.09. The van der Waals surface area contributed by atoms with E-state index in [0.717, 1.165) is 11.3 Å². The van der Waals surface area contributed by atoms with E-state index < -0.39 is 5.97 Å². The number of carbonyl (C=O) groups is 1. The summed E-state index contributed by atoms with van der Waals surface area (Å²) in [5.74, 6) is -0.0166. The first-order valence-electron chi connectivity index (χ1n) is 6.60. The monoisotopic (exact) mass is 349 g/mol. The summed E-state index contributed by atoms with van der Waals surface area (Å²) in [6, 6.07) is 11.7. The molecule has 0 radical (unpaired) electrons. The summed E-state index contributed by atoms with van der Waals surface area (Å²) in [6.07, 6.45) is 0.635. The molecule has 0 fully saturated rings. The van der Waals surface area contributed by atoms with Gasteiger partial charge < -0.3 is 9.47 Å². The summed E-state index contributed by atoms with van der Waals surface area (Å²) in [5.41, 5.74) is 2.28. The highest BCUT2D eigenvalue weighted by Crippen LogP contribution is 2.29. The number of carbonyl (C=O) groups excluding carboxylic acids is 1. The number of hydrogen-bond donors (Lipinski definition) is 0. The highest BCUT2D eigenvalue weighted by atomic mass is 79.9. The number of nitrogens with zero attached hydrogens (tertiary/aromatic N) is 1. The molecule has 1 aromatic heterocycles. The van der Waals surface area contributed by atoms with E-state index in [1.165, 1.54) is 7.11 Å². The van der Waals surface area contributed by atoms with Crippen LogP contribution in [0.15, 0.2) is 41.0 Å². The van der Waals surface area contributed by atoms with Crippen molar-refractivity contribution in [3.8, 4) is 5.75 Å². The molecule has 0 saturated heterocycles. The van der Waals surface area contributed by atoms with E-state index in [4.69, 9.17) is 9.47 Å². The Bertz CT molecular complexity index is 629. The molecule has 4 nitrogen and oxygen atoms in total. The molecule has 0 aliphatic heterocycles. The Morgan fingerprint density at radius 1 is 1.29 bits per heavy atom. The normalized spacial score (nSPS) is 10.2. The van der Waals surface area contributed by atoms with E-state index in [1.54, 1.807) is 13.0 Å². The summed E-state index contributed by atoms with van der Waals surface area (Å²) in [7, 11) is 1.50. The third-order valence-electron chi connectivity index (χ3n) is 2.91. The molecule has 0 atom stereocenters. The highest BCUT2D eigenvalue weighted by molar-refractivity contribution is 9.10. The number of pyridine rings is 1. The van der Waals surface area contributed by atoms with Gasteiger partial charge >= 0.3 is 5.97 Å². The zero-order chi connectivity index (χ0) is 15.2. The van der Waals surface area contributed by atoms with Gasteiger partial charge in [0.15, 0.2) is 5.75 Å². The maximum atomic E-state index is 12.0. The maximum Gasteiger partial charge on any atom is 0.342 e. The maximum absolute atomic E-state index is 12.0. The van der Waals surface area contributed by atoms with E-state index in [0.29, 0.717) is 28.9 Å². The number of ether oxygens (including phenoxy) is 2. The largest absolute Gasteiger partial charge is 0.493 e. The van der Waals surface area contributed by atoms with Crippen LogP contribution in [0.3, 0.4) is 0 Å². The lowest BCUT2D eigenvalue weighted by atomic mass is 10.1. The summed E-state index contributed by atoms with van der Waals surface area (Å²) >= 11 is 3.35. The Kier molecular flexibility index (Phi) is 5.33. The first-order valence-corrected chi connectivity index (χ1v) is 7.39. The molecule has 0 saturated carbocycles. The van der Waals surface area contributed by atoms with Crippen LogP contribution in [0.2, 0.25) is 0 Å². The molecule has 0 aliphatic carbocycles. The molecular weight excluding hydrogens is 334 g/mol. The minimum Gasteiger partial charge on any atom is -0.493 e. The van der Waals surface area contributed by atoms with E-state index in [-0.39, 0.29) is 0 Å². The minimum atomic E-state index is -0.410. The number of halogens is 1. The lowest BCUT2D eigenvalue weighted by Gasteiger charge is -2.11. The van der Waals surface area contributed by atoms with Gasteiger partial charge in [-0.25, -0.2) is 9.78 Å². The van der Waals surface area contributed by atoms with Crippen molar-refractivity contribution in [2.24, 2.45) is 0 Å². The van der Waals surface area contributed by atoms with Crippen LogP contribution in [0.4, 0.5) is 0 Å². The molecule has 110 valence electrons. The third kappa shape index (κ3) is 3.82.